The lowest BCUT2D eigenvalue weighted by Gasteiger charge is -2.26. The van der Waals surface area contributed by atoms with Crippen LogP contribution in [0.1, 0.15) is 55.5 Å². The second kappa shape index (κ2) is 5.80. The molecule has 18 heavy (non-hydrogen) atoms. The SMILES string of the molecule is CC1CCCC1CNC1CCCc2sc(I)cc21. The third-order valence-electron chi connectivity index (χ3n) is 4.75. The first kappa shape index (κ1) is 13.4. The van der Waals surface area contributed by atoms with Crippen LogP contribution in [0.5, 0.6) is 0 Å². The maximum Gasteiger partial charge on any atom is 0.0659 e. The minimum atomic E-state index is 0.640. The number of fused-ring (bicyclic) bond motifs is 1. The molecule has 0 saturated heterocycles. The van der Waals surface area contributed by atoms with Gasteiger partial charge in [-0.1, -0.05) is 19.8 Å². The minimum absolute atomic E-state index is 0.640. The van der Waals surface area contributed by atoms with E-state index in [1.807, 2.05) is 11.3 Å². The molecule has 1 aromatic rings. The van der Waals surface area contributed by atoms with Crippen LogP contribution in [0.15, 0.2) is 6.07 Å². The van der Waals surface area contributed by atoms with Crippen molar-refractivity contribution in [3.05, 3.63) is 19.4 Å². The molecule has 0 bridgehead atoms. The second-order valence-corrected chi connectivity index (χ2v) is 8.98. The second-order valence-electron chi connectivity index (χ2n) is 5.95. The zero-order chi connectivity index (χ0) is 12.5. The summed E-state index contributed by atoms with van der Waals surface area (Å²) in [4.78, 5) is 1.64. The van der Waals surface area contributed by atoms with Crippen LogP contribution in [0, 0.1) is 14.7 Å². The van der Waals surface area contributed by atoms with E-state index in [0.717, 1.165) is 11.8 Å². The molecule has 0 radical (unpaired) electrons. The summed E-state index contributed by atoms with van der Waals surface area (Å²) in [5.41, 5.74) is 1.61. The van der Waals surface area contributed by atoms with E-state index >= 15 is 0 Å². The quantitative estimate of drug-likeness (QED) is 0.752. The van der Waals surface area contributed by atoms with E-state index in [9.17, 15) is 0 Å². The molecule has 1 saturated carbocycles. The van der Waals surface area contributed by atoms with Gasteiger partial charge in [0.15, 0.2) is 0 Å². The van der Waals surface area contributed by atoms with E-state index in [2.05, 4.69) is 40.9 Å². The summed E-state index contributed by atoms with van der Waals surface area (Å²) in [6.07, 6.45) is 8.33. The highest BCUT2D eigenvalue weighted by atomic mass is 127. The lowest BCUT2D eigenvalue weighted by molar-refractivity contribution is 0.354. The third kappa shape index (κ3) is 2.78. The zero-order valence-electron chi connectivity index (χ0n) is 11.0. The number of thiophene rings is 1. The maximum atomic E-state index is 3.87. The summed E-state index contributed by atoms with van der Waals surface area (Å²) in [5, 5.41) is 3.87. The number of aryl methyl sites for hydroxylation is 1. The first-order valence-electron chi connectivity index (χ1n) is 7.25. The summed E-state index contributed by atoms with van der Waals surface area (Å²) in [6.45, 7) is 3.66. The molecule has 2 aliphatic carbocycles. The normalized spacial score (nSPS) is 31.6. The van der Waals surface area contributed by atoms with Crippen LogP contribution in [0.2, 0.25) is 0 Å². The van der Waals surface area contributed by atoms with Gasteiger partial charge in [0.25, 0.3) is 0 Å². The lowest BCUT2D eigenvalue weighted by atomic mass is 9.92. The number of nitrogens with one attached hydrogen (secondary N) is 1. The fraction of sp³-hybridized carbons (Fsp3) is 0.733. The van der Waals surface area contributed by atoms with Crippen molar-refractivity contribution in [1.29, 1.82) is 0 Å². The van der Waals surface area contributed by atoms with Crippen LogP contribution in [-0.2, 0) is 6.42 Å². The monoisotopic (exact) mass is 375 g/mol. The van der Waals surface area contributed by atoms with Gasteiger partial charge in [-0.3, -0.25) is 0 Å². The lowest BCUT2D eigenvalue weighted by Crippen LogP contribution is -2.30. The molecular weight excluding hydrogens is 353 g/mol. The average Bonchev–Trinajstić information content (AvgIpc) is 2.91. The van der Waals surface area contributed by atoms with Crippen LogP contribution in [0.3, 0.4) is 0 Å². The first-order chi connectivity index (χ1) is 8.74. The van der Waals surface area contributed by atoms with E-state index in [1.54, 1.807) is 10.4 Å². The van der Waals surface area contributed by atoms with Crippen LogP contribution < -0.4 is 5.32 Å². The van der Waals surface area contributed by atoms with Gasteiger partial charge in [0.1, 0.15) is 0 Å². The molecule has 1 aromatic heterocycles. The van der Waals surface area contributed by atoms with E-state index in [0.29, 0.717) is 6.04 Å². The van der Waals surface area contributed by atoms with E-state index in [4.69, 9.17) is 0 Å². The summed E-state index contributed by atoms with van der Waals surface area (Å²) >= 11 is 4.47. The summed E-state index contributed by atoms with van der Waals surface area (Å²) in [6, 6.07) is 3.05. The maximum absolute atomic E-state index is 3.87. The Morgan fingerprint density at radius 3 is 3.00 bits per heavy atom. The highest BCUT2D eigenvalue weighted by molar-refractivity contribution is 14.1. The Kier molecular flexibility index (Phi) is 4.31. The molecule has 100 valence electrons. The molecule has 0 spiro atoms. The Morgan fingerprint density at radius 2 is 2.22 bits per heavy atom. The Bertz CT molecular complexity index is 415. The molecule has 1 fully saturated rings. The third-order valence-corrected chi connectivity index (χ3v) is 6.72. The van der Waals surface area contributed by atoms with Crippen molar-refractivity contribution in [2.45, 2.75) is 51.5 Å². The van der Waals surface area contributed by atoms with Gasteiger partial charge < -0.3 is 5.32 Å². The van der Waals surface area contributed by atoms with Gasteiger partial charge >= 0.3 is 0 Å². The standard InChI is InChI=1S/C15H22INS/c1-10-4-2-5-11(10)9-17-13-6-3-7-14-12(13)8-15(16)18-14/h8,10-11,13,17H,2-7,9H2,1H3. The molecule has 3 unspecified atom stereocenters. The number of halogens is 1. The Hall–Kier alpha value is 0.390. The molecule has 3 heteroatoms. The largest absolute Gasteiger partial charge is 0.310 e. The number of hydrogen-bond acceptors (Lipinski definition) is 2. The van der Waals surface area contributed by atoms with Gasteiger partial charge in [0.05, 0.1) is 2.88 Å². The van der Waals surface area contributed by atoms with Crippen LogP contribution >= 0.6 is 33.9 Å². The Balaban J connectivity index is 1.63. The summed E-state index contributed by atoms with van der Waals surface area (Å²) < 4.78 is 1.46. The van der Waals surface area contributed by atoms with Crippen molar-refractivity contribution in [2.24, 2.45) is 11.8 Å². The van der Waals surface area contributed by atoms with E-state index in [-0.39, 0.29) is 0 Å². The zero-order valence-corrected chi connectivity index (χ0v) is 14.0. The molecule has 3 rings (SSSR count). The number of rotatable bonds is 3. The summed E-state index contributed by atoms with van der Waals surface area (Å²) in [7, 11) is 0. The van der Waals surface area contributed by atoms with Crippen LogP contribution in [0.25, 0.3) is 0 Å². The van der Waals surface area contributed by atoms with Crippen LogP contribution in [0.4, 0.5) is 0 Å². The fourth-order valence-corrected chi connectivity index (χ4v) is 5.67. The van der Waals surface area contributed by atoms with Crippen LogP contribution in [-0.4, -0.2) is 6.54 Å². The van der Waals surface area contributed by atoms with Crippen molar-refractivity contribution in [2.75, 3.05) is 6.54 Å². The van der Waals surface area contributed by atoms with Gasteiger partial charge in [-0.05, 0) is 78.3 Å². The first-order valence-corrected chi connectivity index (χ1v) is 9.15. The molecule has 0 aromatic carbocycles. The topological polar surface area (TPSA) is 12.0 Å². The predicted molar refractivity (Wildman–Crippen MR) is 87.2 cm³/mol. The van der Waals surface area contributed by atoms with E-state index < -0.39 is 0 Å². The summed E-state index contributed by atoms with van der Waals surface area (Å²) in [5.74, 6) is 1.86. The van der Waals surface area contributed by atoms with E-state index in [1.165, 1.54) is 48.0 Å². The van der Waals surface area contributed by atoms with Gasteiger partial charge in [-0.15, -0.1) is 11.3 Å². The highest BCUT2D eigenvalue weighted by Crippen LogP contribution is 2.37. The molecule has 1 heterocycles. The molecule has 3 atom stereocenters. The predicted octanol–water partition coefficient (Wildman–Crippen LogP) is 4.76. The fourth-order valence-electron chi connectivity index (χ4n) is 3.55. The van der Waals surface area contributed by atoms with Crippen molar-refractivity contribution in [3.8, 4) is 0 Å². The minimum Gasteiger partial charge on any atom is -0.310 e. The molecule has 0 aliphatic heterocycles. The van der Waals surface area contributed by atoms with Crippen molar-refractivity contribution >= 4 is 33.9 Å². The molecule has 1 N–H and O–H groups in total. The molecular formula is C15H22INS. The average molecular weight is 375 g/mol. The van der Waals surface area contributed by atoms with Gasteiger partial charge in [-0.2, -0.15) is 0 Å². The Morgan fingerprint density at radius 1 is 1.33 bits per heavy atom. The van der Waals surface area contributed by atoms with Gasteiger partial charge in [0, 0.05) is 10.9 Å². The van der Waals surface area contributed by atoms with Crippen molar-refractivity contribution in [3.63, 3.8) is 0 Å². The van der Waals surface area contributed by atoms with Crippen molar-refractivity contribution in [1.82, 2.24) is 5.32 Å². The molecule has 1 nitrogen and oxygen atoms in total. The van der Waals surface area contributed by atoms with Gasteiger partial charge in [-0.25, -0.2) is 0 Å². The smallest absolute Gasteiger partial charge is 0.0659 e. The Labute approximate surface area is 128 Å². The molecule has 0 amide bonds. The van der Waals surface area contributed by atoms with Gasteiger partial charge in [0.2, 0.25) is 0 Å². The highest BCUT2D eigenvalue weighted by Gasteiger charge is 2.26. The number of hydrogen-bond donors (Lipinski definition) is 1. The molecule has 2 aliphatic rings. The van der Waals surface area contributed by atoms with Crippen molar-refractivity contribution < 1.29 is 0 Å².